The molecule has 1 aromatic heterocycles. The summed E-state index contributed by atoms with van der Waals surface area (Å²) in [7, 11) is 0. The number of hydrogen-bond donors (Lipinski definition) is 2. The highest BCUT2D eigenvalue weighted by Gasteiger charge is 2.22. The van der Waals surface area contributed by atoms with E-state index < -0.39 is 11.5 Å². The second kappa shape index (κ2) is 5.82. The van der Waals surface area contributed by atoms with Crippen molar-refractivity contribution in [2.75, 3.05) is 0 Å². The molecule has 0 spiro atoms. The molecule has 1 aromatic rings. The van der Waals surface area contributed by atoms with Crippen molar-refractivity contribution in [3.05, 3.63) is 29.0 Å². The molecular formula is C12H15ClN2O3. The minimum absolute atomic E-state index is 0.00372. The second-order valence-electron chi connectivity index (χ2n) is 4.59. The third-order valence-electron chi connectivity index (χ3n) is 2.37. The van der Waals surface area contributed by atoms with Gasteiger partial charge in [-0.1, -0.05) is 11.6 Å². The summed E-state index contributed by atoms with van der Waals surface area (Å²) in [5.74, 6) is -1.26. The quantitative estimate of drug-likeness (QED) is 0.859. The zero-order valence-electron chi connectivity index (χ0n) is 10.2. The van der Waals surface area contributed by atoms with E-state index in [-0.39, 0.29) is 18.0 Å². The monoisotopic (exact) mass is 270 g/mol. The van der Waals surface area contributed by atoms with E-state index in [1.165, 1.54) is 12.3 Å². The maximum atomic E-state index is 11.9. The Morgan fingerprint density at radius 3 is 2.72 bits per heavy atom. The smallest absolute Gasteiger partial charge is 0.303 e. The number of carbonyl (C=O) groups is 2. The lowest BCUT2D eigenvalue weighted by atomic mass is 9.98. The number of aromatic nitrogens is 1. The van der Waals surface area contributed by atoms with Gasteiger partial charge >= 0.3 is 5.97 Å². The highest BCUT2D eigenvalue weighted by Crippen LogP contribution is 2.13. The van der Waals surface area contributed by atoms with Crippen molar-refractivity contribution < 1.29 is 14.7 Å². The van der Waals surface area contributed by atoms with E-state index in [2.05, 4.69) is 10.3 Å². The lowest BCUT2D eigenvalue weighted by Crippen LogP contribution is -2.44. The average Bonchev–Trinajstić information content (AvgIpc) is 2.26. The molecule has 0 aromatic carbocycles. The Balaban J connectivity index is 2.66. The van der Waals surface area contributed by atoms with Crippen LogP contribution in [0.2, 0.25) is 5.02 Å². The van der Waals surface area contributed by atoms with Crippen LogP contribution in [-0.2, 0) is 4.79 Å². The highest BCUT2D eigenvalue weighted by atomic mass is 35.5. The van der Waals surface area contributed by atoms with Gasteiger partial charge in [0.1, 0.15) is 5.69 Å². The maximum absolute atomic E-state index is 11.9. The topological polar surface area (TPSA) is 79.3 Å². The zero-order chi connectivity index (χ0) is 13.8. The van der Waals surface area contributed by atoms with E-state index in [9.17, 15) is 9.59 Å². The van der Waals surface area contributed by atoms with Crippen molar-refractivity contribution >= 4 is 23.5 Å². The summed E-state index contributed by atoms with van der Waals surface area (Å²) in [6.07, 6.45) is 1.78. The minimum Gasteiger partial charge on any atom is -0.481 e. The Labute approximate surface area is 110 Å². The first-order valence-corrected chi connectivity index (χ1v) is 5.84. The van der Waals surface area contributed by atoms with Gasteiger partial charge in [0.05, 0.1) is 0 Å². The van der Waals surface area contributed by atoms with Crippen LogP contribution in [0.3, 0.4) is 0 Å². The number of carboxylic acids is 1. The van der Waals surface area contributed by atoms with Crippen LogP contribution in [0.15, 0.2) is 18.3 Å². The van der Waals surface area contributed by atoms with Crippen molar-refractivity contribution in [2.24, 2.45) is 0 Å². The molecule has 0 fully saturated rings. The molecule has 98 valence electrons. The third-order valence-corrected chi connectivity index (χ3v) is 2.61. The first-order chi connectivity index (χ1) is 8.30. The number of nitrogens with zero attached hydrogens (tertiary/aromatic N) is 1. The first-order valence-electron chi connectivity index (χ1n) is 5.46. The molecule has 1 rings (SSSR count). The lowest BCUT2D eigenvalue weighted by molar-refractivity contribution is -0.137. The highest BCUT2D eigenvalue weighted by molar-refractivity contribution is 6.30. The molecule has 0 saturated heterocycles. The number of carbonyl (C=O) groups excluding carboxylic acids is 1. The summed E-state index contributed by atoms with van der Waals surface area (Å²) in [6, 6.07) is 3.04. The number of rotatable bonds is 5. The van der Waals surface area contributed by atoms with Gasteiger partial charge in [-0.15, -0.1) is 0 Å². The number of nitrogens with one attached hydrogen (secondary N) is 1. The number of carboxylic acid groups (broad SMARTS) is 1. The van der Waals surface area contributed by atoms with Gasteiger partial charge in [0.15, 0.2) is 0 Å². The van der Waals surface area contributed by atoms with E-state index in [0.29, 0.717) is 11.4 Å². The Bertz CT molecular complexity index is 460. The van der Waals surface area contributed by atoms with Gasteiger partial charge in [0.25, 0.3) is 5.91 Å². The predicted octanol–water partition coefficient (Wildman–Crippen LogP) is 2.11. The molecular weight excluding hydrogens is 256 g/mol. The van der Waals surface area contributed by atoms with E-state index >= 15 is 0 Å². The van der Waals surface area contributed by atoms with Crippen molar-refractivity contribution in [2.45, 2.75) is 32.2 Å². The molecule has 0 aliphatic rings. The normalized spacial score (nSPS) is 11.1. The summed E-state index contributed by atoms with van der Waals surface area (Å²) >= 11 is 5.77. The van der Waals surface area contributed by atoms with Gasteiger partial charge in [-0.2, -0.15) is 0 Å². The van der Waals surface area contributed by atoms with Crippen LogP contribution in [0.4, 0.5) is 0 Å². The van der Waals surface area contributed by atoms with Crippen molar-refractivity contribution in [1.29, 1.82) is 0 Å². The van der Waals surface area contributed by atoms with E-state index in [1.54, 1.807) is 19.9 Å². The fourth-order valence-electron chi connectivity index (χ4n) is 1.38. The van der Waals surface area contributed by atoms with Gasteiger partial charge < -0.3 is 10.4 Å². The van der Waals surface area contributed by atoms with Crippen LogP contribution in [0, 0.1) is 0 Å². The van der Waals surface area contributed by atoms with Gasteiger partial charge in [-0.3, -0.25) is 14.6 Å². The summed E-state index contributed by atoms with van der Waals surface area (Å²) in [5.41, 5.74) is -0.398. The molecule has 0 radical (unpaired) electrons. The first kappa shape index (κ1) is 14.4. The Morgan fingerprint density at radius 1 is 1.50 bits per heavy atom. The molecule has 0 aliphatic heterocycles. The molecule has 18 heavy (non-hydrogen) atoms. The molecule has 0 aliphatic carbocycles. The fourth-order valence-corrected chi connectivity index (χ4v) is 1.54. The second-order valence-corrected chi connectivity index (χ2v) is 5.03. The average molecular weight is 271 g/mol. The largest absolute Gasteiger partial charge is 0.481 e. The molecule has 6 heteroatoms. The van der Waals surface area contributed by atoms with Crippen LogP contribution < -0.4 is 5.32 Å². The van der Waals surface area contributed by atoms with Crippen molar-refractivity contribution in [1.82, 2.24) is 10.3 Å². The summed E-state index contributed by atoms with van der Waals surface area (Å²) in [6.45, 7) is 3.52. The third kappa shape index (κ3) is 4.71. The molecule has 0 saturated carbocycles. The summed E-state index contributed by atoms with van der Waals surface area (Å²) < 4.78 is 0. The Morgan fingerprint density at radius 2 is 2.17 bits per heavy atom. The van der Waals surface area contributed by atoms with Crippen LogP contribution in [0.5, 0.6) is 0 Å². The van der Waals surface area contributed by atoms with Crippen LogP contribution in [-0.4, -0.2) is 27.5 Å². The number of aliphatic carboxylic acids is 1. The summed E-state index contributed by atoms with van der Waals surface area (Å²) in [5, 5.41) is 11.8. The van der Waals surface area contributed by atoms with Gasteiger partial charge in [-0.05, 0) is 32.4 Å². The molecule has 2 N–H and O–H groups in total. The molecule has 1 amide bonds. The van der Waals surface area contributed by atoms with Crippen LogP contribution >= 0.6 is 11.6 Å². The molecule has 1 heterocycles. The lowest BCUT2D eigenvalue weighted by Gasteiger charge is -2.25. The molecule has 0 atom stereocenters. The van der Waals surface area contributed by atoms with Crippen molar-refractivity contribution in [3.63, 3.8) is 0 Å². The number of pyridine rings is 1. The van der Waals surface area contributed by atoms with E-state index in [1.807, 2.05) is 0 Å². The molecule has 0 unspecified atom stereocenters. The fraction of sp³-hybridized carbons (Fsp3) is 0.417. The maximum Gasteiger partial charge on any atom is 0.303 e. The number of halogens is 1. The zero-order valence-corrected chi connectivity index (χ0v) is 11.0. The molecule has 5 nitrogen and oxygen atoms in total. The minimum atomic E-state index is -0.891. The van der Waals surface area contributed by atoms with Gasteiger partial charge in [0, 0.05) is 23.2 Å². The van der Waals surface area contributed by atoms with Crippen molar-refractivity contribution in [3.8, 4) is 0 Å². The summed E-state index contributed by atoms with van der Waals surface area (Å²) in [4.78, 5) is 26.3. The molecule has 0 bridgehead atoms. The predicted molar refractivity (Wildman–Crippen MR) is 67.7 cm³/mol. The van der Waals surface area contributed by atoms with Gasteiger partial charge in [-0.25, -0.2) is 0 Å². The SMILES string of the molecule is CC(C)(CCC(=O)O)NC(=O)c1cc(Cl)ccn1. The Kier molecular flexibility index (Phi) is 4.67. The van der Waals surface area contributed by atoms with E-state index in [0.717, 1.165) is 0 Å². The number of amides is 1. The standard InChI is InChI=1S/C12H15ClN2O3/c1-12(2,5-3-10(16)17)15-11(18)9-7-8(13)4-6-14-9/h4,6-7H,3,5H2,1-2H3,(H,15,18)(H,16,17). The Hall–Kier alpha value is -1.62. The van der Waals surface area contributed by atoms with Gasteiger partial charge in [0.2, 0.25) is 0 Å². The van der Waals surface area contributed by atoms with Crippen LogP contribution in [0.25, 0.3) is 0 Å². The van der Waals surface area contributed by atoms with Crippen LogP contribution in [0.1, 0.15) is 37.2 Å². The number of hydrogen-bond acceptors (Lipinski definition) is 3. The van der Waals surface area contributed by atoms with E-state index in [4.69, 9.17) is 16.7 Å².